The molecule has 0 bridgehead atoms. The first-order valence-corrected chi connectivity index (χ1v) is 11.7. The lowest BCUT2D eigenvalue weighted by Gasteiger charge is -2.35. The molecule has 0 aliphatic carbocycles. The number of amides is 5. The van der Waals surface area contributed by atoms with Crippen molar-refractivity contribution in [1.29, 1.82) is 0 Å². The summed E-state index contributed by atoms with van der Waals surface area (Å²) in [6.07, 6.45) is 6.67. The molecule has 3 N–H and O–H groups in total. The Morgan fingerprint density at radius 3 is 2.42 bits per heavy atom. The van der Waals surface area contributed by atoms with Crippen LogP contribution in [0.4, 0.5) is 5.69 Å². The summed E-state index contributed by atoms with van der Waals surface area (Å²) in [5, 5.41) is 8.36. The van der Waals surface area contributed by atoms with Crippen LogP contribution in [0, 0.1) is 0 Å². The standard InChI is InChI=1S/C24H32N4O5/c1-16(29)25-13-6-4-2-3-5-7-14-26-19-10-8-9-17-18(19)15-22(31)28(24(17)33)20-11-12-21(30)27-23(20)32/h8-10,20,26H,2-7,11-15H2,1H3,(H,25,29)(H,27,30,32). The first-order chi connectivity index (χ1) is 15.9. The van der Waals surface area contributed by atoms with Crippen molar-refractivity contribution in [3.8, 4) is 0 Å². The number of nitrogens with one attached hydrogen (secondary N) is 3. The average molecular weight is 457 g/mol. The Morgan fingerprint density at radius 2 is 1.73 bits per heavy atom. The summed E-state index contributed by atoms with van der Waals surface area (Å²) in [7, 11) is 0. The van der Waals surface area contributed by atoms with E-state index in [1.165, 1.54) is 6.92 Å². The molecule has 5 amide bonds. The van der Waals surface area contributed by atoms with E-state index in [2.05, 4.69) is 16.0 Å². The van der Waals surface area contributed by atoms with E-state index in [0.717, 1.165) is 62.2 Å². The molecule has 0 saturated carbocycles. The lowest BCUT2D eigenvalue weighted by Crippen LogP contribution is -2.58. The molecule has 1 aromatic carbocycles. The summed E-state index contributed by atoms with van der Waals surface area (Å²) < 4.78 is 0. The molecule has 9 nitrogen and oxygen atoms in total. The molecule has 9 heteroatoms. The highest BCUT2D eigenvalue weighted by Crippen LogP contribution is 2.29. The van der Waals surface area contributed by atoms with Gasteiger partial charge in [-0.1, -0.05) is 31.7 Å². The molecule has 0 radical (unpaired) electrons. The Balaban J connectivity index is 1.49. The second-order valence-electron chi connectivity index (χ2n) is 8.58. The summed E-state index contributed by atoms with van der Waals surface area (Å²) in [4.78, 5) is 61.3. The van der Waals surface area contributed by atoms with E-state index in [9.17, 15) is 24.0 Å². The summed E-state index contributed by atoms with van der Waals surface area (Å²) in [6.45, 7) is 2.99. The van der Waals surface area contributed by atoms with Crippen LogP contribution in [0.5, 0.6) is 0 Å². The third-order valence-corrected chi connectivity index (χ3v) is 6.04. The SMILES string of the molecule is CC(=O)NCCCCCCCCNc1cccc2c1CC(=O)N(C1CCC(=O)NC1=O)C2=O. The normalized spacial score (nSPS) is 18.1. The van der Waals surface area contributed by atoms with Crippen molar-refractivity contribution in [2.75, 3.05) is 18.4 Å². The van der Waals surface area contributed by atoms with Crippen LogP contribution in [0.2, 0.25) is 0 Å². The van der Waals surface area contributed by atoms with Crippen LogP contribution >= 0.6 is 0 Å². The number of piperidine rings is 1. The maximum Gasteiger partial charge on any atom is 0.261 e. The molecule has 3 rings (SSSR count). The molecule has 1 aromatic rings. The number of unbranched alkanes of at least 4 members (excludes halogenated alkanes) is 5. The molecule has 2 aliphatic rings. The van der Waals surface area contributed by atoms with Crippen LogP contribution in [0.25, 0.3) is 0 Å². The van der Waals surface area contributed by atoms with Crippen molar-refractivity contribution < 1.29 is 24.0 Å². The highest BCUT2D eigenvalue weighted by Gasteiger charge is 2.42. The zero-order chi connectivity index (χ0) is 23.8. The number of hydrogen-bond acceptors (Lipinski definition) is 6. The Hall–Kier alpha value is -3.23. The van der Waals surface area contributed by atoms with E-state index in [-0.39, 0.29) is 31.1 Å². The van der Waals surface area contributed by atoms with E-state index in [4.69, 9.17) is 0 Å². The molecular weight excluding hydrogens is 424 g/mol. The monoisotopic (exact) mass is 456 g/mol. The fourth-order valence-corrected chi connectivity index (χ4v) is 4.31. The van der Waals surface area contributed by atoms with Gasteiger partial charge in [0, 0.05) is 37.7 Å². The molecular formula is C24H32N4O5. The summed E-state index contributed by atoms with van der Waals surface area (Å²) in [5.74, 6) is -1.88. The molecule has 2 aliphatic heterocycles. The van der Waals surface area contributed by atoms with E-state index in [1.54, 1.807) is 12.1 Å². The maximum absolute atomic E-state index is 13.1. The van der Waals surface area contributed by atoms with Gasteiger partial charge in [-0.25, -0.2) is 0 Å². The van der Waals surface area contributed by atoms with Gasteiger partial charge in [-0.2, -0.15) is 0 Å². The second-order valence-corrected chi connectivity index (χ2v) is 8.58. The van der Waals surface area contributed by atoms with Gasteiger partial charge in [0.25, 0.3) is 5.91 Å². The highest BCUT2D eigenvalue weighted by molar-refractivity contribution is 6.14. The summed E-state index contributed by atoms with van der Waals surface area (Å²) in [5.41, 5.74) is 1.85. The lowest BCUT2D eigenvalue weighted by atomic mass is 9.93. The van der Waals surface area contributed by atoms with Gasteiger partial charge < -0.3 is 10.6 Å². The fraction of sp³-hybridized carbons (Fsp3) is 0.542. The van der Waals surface area contributed by atoms with Crippen molar-refractivity contribution in [2.45, 2.75) is 70.8 Å². The number of nitrogens with zero attached hydrogens (tertiary/aromatic N) is 1. The number of hydrogen-bond donors (Lipinski definition) is 3. The van der Waals surface area contributed by atoms with Gasteiger partial charge in [0.1, 0.15) is 6.04 Å². The third-order valence-electron chi connectivity index (χ3n) is 6.04. The Bertz CT molecular complexity index is 929. The van der Waals surface area contributed by atoms with Crippen molar-refractivity contribution >= 4 is 35.2 Å². The Kier molecular flexibility index (Phi) is 8.57. The second kappa shape index (κ2) is 11.6. The molecule has 1 unspecified atom stereocenters. The van der Waals surface area contributed by atoms with Gasteiger partial charge in [0.15, 0.2) is 0 Å². The number of carbonyl (C=O) groups is 5. The van der Waals surface area contributed by atoms with Gasteiger partial charge in [-0.05, 0) is 37.0 Å². The van der Waals surface area contributed by atoms with Gasteiger partial charge in [0.2, 0.25) is 23.6 Å². The molecule has 1 atom stereocenters. The van der Waals surface area contributed by atoms with Crippen LogP contribution in [0.1, 0.15) is 74.2 Å². The average Bonchev–Trinajstić information content (AvgIpc) is 2.76. The molecule has 0 spiro atoms. The fourth-order valence-electron chi connectivity index (χ4n) is 4.31. The number of carbonyl (C=O) groups excluding carboxylic acids is 5. The molecule has 1 fully saturated rings. The van der Waals surface area contributed by atoms with Crippen LogP contribution in [0.15, 0.2) is 18.2 Å². The maximum atomic E-state index is 13.1. The Morgan fingerprint density at radius 1 is 1.03 bits per heavy atom. The van der Waals surface area contributed by atoms with Crippen molar-refractivity contribution in [2.24, 2.45) is 0 Å². The number of fused-ring (bicyclic) bond motifs is 1. The molecule has 1 saturated heterocycles. The summed E-state index contributed by atoms with van der Waals surface area (Å²) in [6, 6.07) is 4.37. The van der Waals surface area contributed by atoms with Gasteiger partial charge >= 0.3 is 0 Å². The van der Waals surface area contributed by atoms with Crippen molar-refractivity contribution in [3.05, 3.63) is 29.3 Å². The largest absolute Gasteiger partial charge is 0.385 e. The minimum absolute atomic E-state index is 0.0104. The van der Waals surface area contributed by atoms with Gasteiger partial charge in [-0.15, -0.1) is 0 Å². The number of benzene rings is 1. The lowest BCUT2D eigenvalue weighted by molar-refractivity contribution is -0.143. The minimum Gasteiger partial charge on any atom is -0.385 e. The number of imide groups is 2. The van der Waals surface area contributed by atoms with Gasteiger partial charge in [-0.3, -0.25) is 34.2 Å². The minimum atomic E-state index is -0.939. The van der Waals surface area contributed by atoms with Crippen LogP contribution < -0.4 is 16.0 Å². The smallest absolute Gasteiger partial charge is 0.261 e. The molecule has 2 heterocycles. The predicted octanol–water partition coefficient (Wildman–Crippen LogP) is 1.91. The number of anilines is 1. The van der Waals surface area contributed by atoms with Gasteiger partial charge in [0.05, 0.1) is 6.42 Å². The summed E-state index contributed by atoms with van der Waals surface area (Å²) >= 11 is 0. The third kappa shape index (κ3) is 6.40. The predicted molar refractivity (Wildman–Crippen MR) is 122 cm³/mol. The first-order valence-electron chi connectivity index (χ1n) is 11.7. The Labute approximate surface area is 193 Å². The molecule has 33 heavy (non-hydrogen) atoms. The van der Waals surface area contributed by atoms with Crippen LogP contribution in [-0.2, 0) is 25.6 Å². The van der Waals surface area contributed by atoms with Crippen LogP contribution in [-0.4, -0.2) is 53.6 Å². The zero-order valence-electron chi connectivity index (χ0n) is 19.1. The molecule has 0 aromatic heterocycles. The highest BCUT2D eigenvalue weighted by atomic mass is 16.2. The quantitative estimate of drug-likeness (QED) is 0.345. The van der Waals surface area contributed by atoms with Crippen LogP contribution in [0.3, 0.4) is 0 Å². The zero-order valence-corrected chi connectivity index (χ0v) is 19.1. The van der Waals surface area contributed by atoms with E-state index >= 15 is 0 Å². The van der Waals surface area contributed by atoms with E-state index < -0.39 is 23.8 Å². The molecule has 178 valence electrons. The topological polar surface area (TPSA) is 125 Å². The van der Waals surface area contributed by atoms with Crippen molar-refractivity contribution in [1.82, 2.24) is 15.5 Å². The first kappa shape index (κ1) is 24.4. The van der Waals surface area contributed by atoms with E-state index in [0.29, 0.717) is 11.1 Å². The number of rotatable bonds is 11. The van der Waals surface area contributed by atoms with Crippen molar-refractivity contribution in [3.63, 3.8) is 0 Å². The van der Waals surface area contributed by atoms with E-state index in [1.807, 2.05) is 6.07 Å².